The fourth-order valence-corrected chi connectivity index (χ4v) is 1.02. The van der Waals surface area contributed by atoms with Gasteiger partial charge in [0.25, 0.3) is 0 Å². The molecule has 0 N–H and O–H groups in total. The number of hydrogen-bond donors (Lipinski definition) is 0. The maximum atomic E-state index is 4.80. The molecule has 4 heteroatoms. The van der Waals surface area contributed by atoms with Crippen LogP contribution in [0.1, 0.15) is 0 Å². The summed E-state index contributed by atoms with van der Waals surface area (Å²) in [6, 6.07) is 5.72. The minimum atomic E-state index is 0.385. The van der Waals surface area contributed by atoms with Crippen molar-refractivity contribution in [1.29, 1.82) is 0 Å². The smallest absolute Gasteiger partial charge is 0.222 e. The third-order valence-electron chi connectivity index (χ3n) is 1.37. The van der Waals surface area contributed by atoms with Gasteiger partial charge in [-0.15, -0.1) is 0 Å². The van der Waals surface area contributed by atoms with E-state index >= 15 is 0 Å². The largest absolute Gasteiger partial charge is 0.292 e. The Hall–Kier alpha value is -1.29. The van der Waals surface area contributed by atoms with Crippen LogP contribution in [0.2, 0.25) is 0 Å². The quantitative estimate of drug-likeness (QED) is 0.551. The van der Waals surface area contributed by atoms with E-state index in [0.29, 0.717) is 4.77 Å². The summed E-state index contributed by atoms with van der Waals surface area (Å²) in [5.74, 6) is 0. The zero-order valence-corrected chi connectivity index (χ0v) is 6.45. The second-order valence-corrected chi connectivity index (χ2v) is 2.47. The first kappa shape index (κ1) is 6.42. The van der Waals surface area contributed by atoms with Gasteiger partial charge in [-0.1, -0.05) is 6.07 Å². The molecule has 0 aromatic carbocycles. The van der Waals surface area contributed by atoms with Gasteiger partial charge in [0.2, 0.25) is 4.77 Å². The van der Waals surface area contributed by atoms with E-state index in [2.05, 4.69) is 9.97 Å². The Labute approximate surface area is 68.4 Å². The fraction of sp³-hybridized carbons (Fsp3) is 0. The molecule has 0 aliphatic heterocycles. The Morgan fingerprint density at radius 1 is 1.36 bits per heavy atom. The lowest BCUT2D eigenvalue weighted by Gasteiger charge is -1.95. The molecule has 2 aromatic heterocycles. The van der Waals surface area contributed by atoms with Crippen molar-refractivity contribution in [1.82, 2.24) is 14.4 Å². The van der Waals surface area contributed by atoms with Gasteiger partial charge >= 0.3 is 0 Å². The van der Waals surface area contributed by atoms with Gasteiger partial charge in [0.05, 0.1) is 0 Å². The van der Waals surface area contributed by atoms with Gasteiger partial charge < -0.3 is 0 Å². The van der Waals surface area contributed by atoms with E-state index in [1.54, 1.807) is 6.33 Å². The summed E-state index contributed by atoms with van der Waals surface area (Å²) in [6.07, 6.45) is 3.54. The van der Waals surface area contributed by atoms with Crippen molar-refractivity contribution in [3.63, 3.8) is 0 Å². The van der Waals surface area contributed by atoms with Gasteiger partial charge in [-0.05, 0) is 24.4 Å². The molecule has 0 aliphatic rings. The number of rotatable bonds is 0. The summed E-state index contributed by atoms with van der Waals surface area (Å²) in [5, 5.41) is 0. The second-order valence-electron chi connectivity index (χ2n) is 2.11. The molecule has 0 unspecified atom stereocenters. The molecule has 0 radical (unpaired) electrons. The van der Waals surface area contributed by atoms with Crippen molar-refractivity contribution in [2.75, 3.05) is 0 Å². The highest BCUT2D eigenvalue weighted by molar-refractivity contribution is 7.71. The van der Waals surface area contributed by atoms with Crippen molar-refractivity contribution in [2.24, 2.45) is 0 Å². The number of fused-ring (bicyclic) bond motifs is 1. The van der Waals surface area contributed by atoms with Crippen LogP contribution in [0.15, 0.2) is 30.7 Å². The van der Waals surface area contributed by atoms with E-state index in [9.17, 15) is 0 Å². The topological polar surface area (TPSA) is 30.2 Å². The summed E-state index contributed by atoms with van der Waals surface area (Å²) in [7, 11) is 0. The standard InChI is InChI=1S/C7H5N3S/c11-7-8-5-10-4-2-1-3-6(10)9-7/h1-5H. The van der Waals surface area contributed by atoms with Gasteiger partial charge in [-0.25, -0.2) is 9.97 Å². The van der Waals surface area contributed by atoms with Crippen LogP contribution in [0.4, 0.5) is 0 Å². The summed E-state index contributed by atoms with van der Waals surface area (Å²) in [6.45, 7) is 0. The first-order valence-corrected chi connectivity index (χ1v) is 3.57. The summed E-state index contributed by atoms with van der Waals surface area (Å²) >= 11 is 4.80. The Morgan fingerprint density at radius 3 is 3.18 bits per heavy atom. The maximum absolute atomic E-state index is 4.80. The first-order valence-electron chi connectivity index (χ1n) is 3.16. The van der Waals surface area contributed by atoms with Crippen LogP contribution in [0.25, 0.3) is 5.65 Å². The Kier molecular flexibility index (Phi) is 1.40. The predicted octanol–water partition coefficient (Wildman–Crippen LogP) is 1.46. The molecule has 0 aliphatic carbocycles. The van der Waals surface area contributed by atoms with E-state index in [4.69, 9.17) is 12.2 Å². The molecule has 54 valence electrons. The molecule has 0 saturated heterocycles. The number of pyridine rings is 1. The highest BCUT2D eigenvalue weighted by Crippen LogP contribution is 1.95. The summed E-state index contributed by atoms with van der Waals surface area (Å²) in [4.78, 5) is 7.92. The lowest BCUT2D eigenvalue weighted by molar-refractivity contribution is 0.990. The molecule has 0 saturated carbocycles. The molecule has 0 amide bonds. The minimum Gasteiger partial charge on any atom is -0.292 e. The molecule has 0 fully saturated rings. The number of hydrogen-bond acceptors (Lipinski definition) is 3. The molecule has 11 heavy (non-hydrogen) atoms. The van der Waals surface area contributed by atoms with Crippen LogP contribution in [0, 0.1) is 4.77 Å². The maximum Gasteiger partial charge on any atom is 0.222 e. The molecule has 2 rings (SSSR count). The lowest BCUT2D eigenvalue weighted by atomic mass is 10.5. The van der Waals surface area contributed by atoms with E-state index in [1.165, 1.54) is 0 Å². The highest BCUT2D eigenvalue weighted by Gasteiger charge is 1.87. The second kappa shape index (κ2) is 2.39. The fourth-order valence-electron chi connectivity index (χ4n) is 0.878. The van der Waals surface area contributed by atoms with Gasteiger partial charge in [0.15, 0.2) is 0 Å². The Bertz CT molecular complexity index is 435. The highest BCUT2D eigenvalue weighted by atomic mass is 32.1. The molecular formula is C7H5N3S. The van der Waals surface area contributed by atoms with Crippen molar-refractivity contribution >= 4 is 17.9 Å². The van der Waals surface area contributed by atoms with Crippen molar-refractivity contribution in [2.45, 2.75) is 0 Å². The third kappa shape index (κ3) is 1.12. The van der Waals surface area contributed by atoms with Crippen LogP contribution in [0.5, 0.6) is 0 Å². The first-order chi connectivity index (χ1) is 5.36. The molecular weight excluding hydrogens is 158 g/mol. The minimum absolute atomic E-state index is 0.385. The molecule has 2 aromatic rings. The molecule has 0 spiro atoms. The van der Waals surface area contributed by atoms with E-state index in [0.717, 1.165) is 5.65 Å². The average Bonchev–Trinajstić information content (AvgIpc) is 2.04. The zero-order valence-electron chi connectivity index (χ0n) is 5.64. The molecule has 0 atom stereocenters. The van der Waals surface area contributed by atoms with Crippen LogP contribution in [-0.4, -0.2) is 14.4 Å². The van der Waals surface area contributed by atoms with Crippen LogP contribution >= 0.6 is 12.2 Å². The van der Waals surface area contributed by atoms with E-state index in [-0.39, 0.29) is 0 Å². The van der Waals surface area contributed by atoms with Crippen molar-refractivity contribution in [3.8, 4) is 0 Å². The SMILES string of the molecule is S=c1ncn2ccccc2n1. The molecule has 2 heterocycles. The van der Waals surface area contributed by atoms with Crippen molar-refractivity contribution in [3.05, 3.63) is 35.5 Å². The van der Waals surface area contributed by atoms with Crippen molar-refractivity contribution < 1.29 is 0 Å². The zero-order chi connectivity index (χ0) is 7.68. The Morgan fingerprint density at radius 2 is 2.27 bits per heavy atom. The van der Waals surface area contributed by atoms with Gasteiger partial charge in [-0.3, -0.25) is 4.40 Å². The van der Waals surface area contributed by atoms with Gasteiger partial charge in [0.1, 0.15) is 12.0 Å². The van der Waals surface area contributed by atoms with E-state index in [1.807, 2.05) is 28.8 Å². The van der Waals surface area contributed by atoms with Crippen LogP contribution in [-0.2, 0) is 0 Å². The van der Waals surface area contributed by atoms with Gasteiger partial charge in [0, 0.05) is 6.20 Å². The normalized spacial score (nSPS) is 10.2. The van der Waals surface area contributed by atoms with Crippen LogP contribution < -0.4 is 0 Å². The van der Waals surface area contributed by atoms with Gasteiger partial charge in [-0.2, -0.15) is 0 Å². The molecule has 3 nitrogen and oxygen atoms in total. The third-order valence-corrected chi connectivity index (χ3v) is 1.57. The average molecular weight is 163 g/mol. The number of aromatic nitrogens is 3. The van der Waals surface area contributed by atoms with E-state index < -0.39 is 0 Å². The van der Waals surface area contributed by atoms with Crippen LogP contribution in [0.3, 0.4) is 0 Å². The monoisotopic (exact) mass is 163 g/mol. The molecule has 0 bridgehead atoms. The predicted molar refractivity (Wildman–Crippen MR) is 43.8 cm³/mol. The summed E-state index contributed by atoms with van der Waals surface area (Å²) in [5.41, 5.74) is 0.826. The summed E-state index contributed by atoms with van der Waals surface area (Å²) < 4.78 is 2.20. The lowest BCUT2D eigenvalue weighted by Crippen LogP contribution is -1.92. The Balaban J connectivity index is 2.94. The number of nitrogens with zero attached hydrogens (tertiary/aromatic N) is 3.